The van der Waals surface area contributed by atoms with E-state index in [1.807, 2.05) is 0 Å². The minimum Gasteiger partial charge on any atom is -0.346 e. The van der Waals surface area contributed by atoms with Gasteiger partial charge in [0, 0.05) is 12.4 Å². The fourth-order valence-corrected chi connectivity index (χ4v) is 1.82. The lowest BCUT2D eigenvalue weighted by atomic mass is 10.1. The number of hydrogen-bond acceptors (Lipinski definition) is 3. The van der Waals surface area contributed by atoms with Gasteiger partial charge in [0.2, 0.25) is 0 Å². The number of nitrogens with one attached hydrogen (secondary N) is 1. The quantitative estimate of drug-likeness (QED) is 0.864. The molecule has 10 heteroatoms. The molecule has 0 aliphatic carbocycles. The summed E-state index contributed by atoms with van der Waals surface area (Å²) >= 11 is 0. The molecule has 1 N–H and O–H groups in total. The molecule has 1 amide bonds. The van der Waals surface area contributed by atoms with Crippen LogP contribution in [0.15, 0.2) is 36.7 Å². The topological polar surface area (TPSA) is 54.9 Å². The zero-order valence-corrected chi connectivity index (χ0v) is 11.7. The van der Waals surface area contributed by atoms with Crippen molar-refractivity contribution in [3.05, 3.63) is 59.2 Å². The van der Waals surface area contributed by atoms with E-state index in [0.717, 1.165) is 24.5 Å². The molecule has 0 saturated carbocycles. The largest absolute Gasteiger partial charge is 0.433 e. The summed E-state index contributed by atoms with van der Waals surface area (Å²) in [5, 5.41) is 2.10. The Morgan fingerprint density at radius 3 is 2.38 bits per heavy atom. The second kappa shape index (κ2) is 6.46. The van der Waals surface area contributed by atoms with Crippen LogP contribution in [0, 0.1) is 0 Å². The molecule has 0 aliphatic heterocycles. The Labute approximate surface area is 131 Å². The first-order chi connectivity index (χ1) is 11.1. The van der Waals surface area contributed by atoms with Gasteiger partial charge in [-0.1, -0.05) is 6.07 Å². The summed E-state index contributed by atoms with van der Waals surface area (Å²) in [5.74, 6) is -1.12. The van der Waals surface area contributed by atoms with Crippen molar-refractivity contribution < 1.29 is 31.1 Å². The van der Waals surface area contributed by atoms with Crippen molar-refractivity contribution in [1.29, 1.82) is 0 Å². The van der Waals surface area contributed by atoms with Crippen molar-refractivity contribution in [2.75, 3.05) is 0 Å². The summed E-state index contributed by atoms with van der Waals surface area (Å²) in [6.07, 6.45) is -7.80. The number of rotatable bonds is 3. The smallest absolute Gasteiger partial charge is 0.346 e. The van der Waals surface area contributed by atoms with Gasteiger partial charge in [-0.25, -0.2) is 4.98 Å². The molecular formula is C14H9F6N3O. The fraction of sp³-hybridized carbons (Fsp3) is 0.214. The number of hydrogen-bond donors (Lipinski definition) is 1. The molecule has 2 aromatic heterocycles. The van der Waals surface area contributed by atoms with Crippen LogP contribution in [-0.2, 0) is 18.9 Å². The minimum absolute atomic E-state index is 0.143. The molecule has 0 radical (unpaired) electrons. The summed E-state index contributed by atoms with van der Waals surface area (Å²) in [6.45, 7) is -0.463. The van der Waals surface area contributed by atoms with Crippen molar-refractivity contribution >= 4 is 5.91 Å². The molecule has 0 atom stereocenters. The van der Waals surface area contributed by atoms with Crippen molar-refractivity contribution in [3.63, 3.8) is 0 Å². The van der Waals surface area contributed by atoms with Crippen molar-refractivity contribution in [1.82, 2.24) is 15.3 Å². The van der Waals surface area contributed by atoms with E-state index in [2.05, 4.69) is 15.3 Å². The Hall–Kier alpha value is -2.65. The number of aromatic nitrogens is 2. The molecule has 0 spiro atoms. The van der Waals surface area contributed by atoms with E-state index in [1.54, 1.807) is 0 Å². The molecule has 2 rings (SSSR count). The summed E-state index contributed by atoms with van der Waals surface area (Å²) in [6, 6.07) is 3.68. The number of halogens is 6. The first-order valence-corrected chi connectivity index (χ1v) is 6.41. The lowest BCUT2D eigenvalue weighted by Crippen LogP contribution is -2.26. The number of pyridine rings is 2. The maximum absolute atomic E-state index is 12.8. The Balaban J connectivity index is 2.15. The SMILES string of the molecule is O=C(NCc1cccc(C(F)(F)F)n1)c1cnccc1C(F)(F)F. The molecule has 0 fully saturated rings. The van der Waals surface area contributed by atoms with Crippen LogP contribution in [0.4, 0.5) is 26.3 Å². The van der Waals surface area contributed by atoms with Crippen molar-refractivity contribution in [2.24, 2.45) is 0 Å². The molecule has 128 valence electrons. The highest BCUT2D eigenvalue weighted by Crippen LogP contribution is 2.31. The summed E-state index contributed by atoms with van der Waals surface area (Å²) in [7, 11) is 0. The van der Waals surface area contributed by atoms with Crippen molar-refractivity contribution in [2.45, 2.75) is 18.9 Å². The van der Waals surface area contributed by atoms with Gasteiger partial charge in [-0.05, 0) is 18.2 Å². The third-order valence-electron chi connectivity index (χ3n) is 2.90. The van der Waals surface area contributed by atoms with Crippen LogP contribution in [0.3, 0.4) is 0 Å². The summed E-state index contributed by atoms with van der Waals surface area (Å²) in [5.41, 5.74) is -3.22. The highest BCUT2D eigenvalue weighted by molar-refractivity contribution is 5.95. The van der Waals surface area contributed by atoms with Crippen LogP contribution in [0.5, 0.6) is 0 Å². The minimum atomic E-state index is -4.76. The predicted octanol–water partition coefficient (Wildman–Crippen LogP) is 3.44. The third-order valence-corrected chi connectivity index (χ3v) is 2.90. The van der Waals surface area contributed by atoms with Gasteiger partial charge < -0.3 is 5.32 Å². The van der Waals surface area contributed by atoms with Crippen LogP contribution in [0.25, 0.3) is 0 Å². The Kier molecular flexibility index (Phi) is 4.76. The molecule has 0 bridgehead atoms. The predicted molar refractivity (Wildman–Crippen MR) is 69.6 cm³/mol. The van der Waals surface area contributed by atoms with Gasteiger partial charge in [-0.2, -0.15) is 26.3 Å². The maximum Gasteiger partial charge on any atom is 0.433 e. The van der Waals surface area contributed by atoms with Gasteiger partial charge in [0.1, 0.15) is 5.69 Å². The monoisotopic (exact) mass is 349 g/mol. The van der Waals surface area contributed by atoms with Gasteiger partial charge in [0.15, 0.2) is 0 Å². The highest BCUT2D eigenvalue weighted by Gasteiger charge is 2.35. The molecule has 0 saturated heterocycles. The lowest BCUT2D eigenvalue weighted by molar-refractivity contribution is -0.141. The zero-order valence-electron chi connectivity index (χ0n) is 11.7. The zero-order chi connectivity index (χ0) is 18.0. The van der Waals surface area contributed by atoms with Crippen LogP contribution in [0.2, 0.25) is 0 Å². The highest BCUT2D eigenvalue weighted by atomic mass is 19.4. The van der Waals surface area contributed by atoms with E-state index >= 15 is 0 Å². The van der Waals surface area contributed by atoms with Gasteiger partial charge in [-0.15, -0.1) is 0 Å². The standard InChI is InChI=1S/C14H9F6N3O/c15-13(16,17)10-4-5-21-7-9(10)12(24)22-6-8-2-1-3-11(23-8)14(18,19)20/h1-5,7H,6H2,(H,22,24). The third kappa shape index (κ3) is 4.21. The second-order valence-electron chi connectivity index (χ2n) is 4.61. The first kappa shape index (κ1) is 17.7. The second-order valence-corrected chi connectivity index (χ2v) is 4.61. The van der Waals surface area contributed by atoms with E-state index in [1.165, 1.54) is 6.07 Å². The molecular weight excluding hydrogens is 340 g/mol. The normalized spacial score (nSPS) is 12.1. The maximum atomic E-state index is 12.8. The molecule has 0 aromatic carbocycles. The van der Waals surface area contributed by atoms with Crippen molar-refractivity contribution in [3.8, 4) is 0 Å². The molecule has 24 heavy (non-hydrogen) atoms. The molecule has 2 heterocycles. The Morgan fingerprint density at radius 1 is 1.04 bits per heavy atom. The van der Waals surface area contributed by atoms with E-state index in [4.69, 9.17) is 0 Å². The van der Waals surface area contributed by atoms with Crippen LogP contribution >= 0.6 is 0 Å². The number of carbonyl (C=O) groups excluding carboxylic acids is 1. The summed E-state index contributed by atoms with van der Waals surface area (Å²) < 4.78 is 76.0. The van der Waals surface area contributed by atoms with Gasteiger partial charge in [-0.3, -0.25) is 9.78 Å². The summed E-state index contributed by atoms with van der Waals surface area (Å²) in [4.78, 5) is 18.6. The Morgan fingerprint density at radius 2 is 1.75 bits per heavy atom. The van der Waals surface area contributed by atoms with E-state index in [0.29, 0.717) is 6.07 Å². The Bertz CT molecular complexity index is 742. The van der Waals surface area contributed by atoms with Crippen LogP contribution < -0.4 is 5.32 Å². The van der Waals surface area contributed by atoms with Gasteiger partial charge in [0.25, 0.3) is 5.91 Å². The fourth-order valence-electron chi connectivity index (χ4n) is 1.82. The van der Waals surface area contributed by atoms with Gasteiger partial charge in [0.05, 0.1) is 23.4 Å². The number of amides is 1. The lowest BCUT2D eigenvalue weighted by Gasteiger charge is -2.12. The van der Waals surface area contributed by atoms with Gasteiger partial charge >= 0.3 is 12.4 Å². The van der Waals surface area contributed by atoms with Crippen LogP contribution in [-0.4, -0.2) is 15.9 Å². The van der Waals surface area contributed by atoms with E-state index < -0.39 is 41.6 Å². The molecule has 2 aromatic rings. The van der Waals surface area contributed by atoms with Crippen LogP contribution in [0.1, 0.15) is 27.3 Å². The molecule has 0 aliphatic rings. The molecule has 0 unspecified atom stereocenters. The number of alkyl halides is 6. The average Bonchev–Trinajstić information content (AvgIpc) is 2.51. The van der Waals surface area contributed by atoms with E-state index in [-0.39, 0.29) is 5.69 Å². The number of nitrogens with zero attached hydrogens (tertiary/aromatic N) is 2. The average molecular weight is 349 g/mol. The van der Waals surface area contributed by atoms with E-state index in [9.17, 15) is 31.1 Å². The first-order valence-electron chi connectivity index (χ1n) is 6.41. The molecule has 4 nitrogen and oxygen atoms in total. The number of carbonyl (C=O) groups is 1.